The summed E-state index contributed by atoms with van der Waals surface area (Å²) in [5.41, 5.74) is 3.78. The van der Waals surface area contributed by atoms with Gasteiger partial charge in [-0.15, -0.1) is 0 Å². The predicted octanol–water partition coefficient (Wildman–Crippen LogP) is 3.30. The monoisotopic (exact) mass is 345 g/mol. The normalized spacial score (nSPS) is 18.8. The van der Waals surface area contributed by atoms with Crippen molar-refractivity contribution in [3.05, 3.63) is 34.5 Å². The molecule has 0 saturated carbocycles. The van der Waals surface area contributed by atoms with Crippen LogP contribution in [0.4, 0.5) is 0 Å². The van der Waals surface area contributed by atoms with Crippen LogP contribution in [0.5, 0.6) is 0 Å². The number of benzene rings is 1. The fraction of sp³-hybridized carbons (Fsp3) is 0.526. The molecule has 0 spiro atoms. The number of carbonyl (C=O) groups is 1. The lowest BCUT2D eigenvalue weighted by Gasteiger charge is -2.28. The van der Waals surface area contributed by atoms with Gasteiger partial charge in [0, 0.05) is 42.3 Å². The van der Waals surface area contributed by atoms with Crippen molar-refractivity contribution in [3.63, 3.8) is 0 Å². The molecular formula is C19H24ClN3O. The van der Waals surface area contributed by atoms with Crippen molar-refractivity contribution >= 4 is 28.4 Å². The van der Waals surface area contributed by atoms with Gasteiger partial charge in [-0.25, -0.2) is 0 Å². The molecule has 0 radical (unpaired) electrons. The molecule has 2 aliphatic heterocycles. The van der Waals surface area contributed by atoms with Crippen LogP contribution in [0.1, 0.15) is 30.5 Å². The van der Waals surface area contributed by atoms with Gasteiger partial charge in [0.05, 0.1) is 5.52 Å². The van der Waals surface area contributed by atoms with Crippen molar-refractivity contribution in [1.29, 1.82) is 0 Å². The zero-order valence-electron chi connectivity index (χ0n) is 14.2. The minimum atomic E-state index is 0.239. The molecule has 2 aliphatic rings. The number of halogens is 1. The van der Waals surface area contributed by atoms with Crippen molar-refractivity contribution in [2.45, 2.75) is 38.8 Å². The lowest BCUT2D eigenvalue weighted by Crippen LogP contribution is -2.38. The molecule has 2 aromatic rings. The standard InChI is InChI=1S/C19H24ClN3O/c1-21-10-7-16-15-6-5-14(20)11-17(15)23(18(16)12-21)13-19(24)22-8-3-2-4-9-22/h5-6,11H,2-4,7-10,12-13H2,1H3. The molecular weight excluding hydrogens is 322 g/mol. The zero-order chi connectivity index (χ0) is 16.7. The number of hydrogen-bond acceptors (Lipinski definition) is 2. The number of aromatic nitrogens is 1. The van der Waals surface area contributed by atoms with Crippen molar-refractivity contribution in [2.24, 2.45) is 0 Å². The van der Waals surface area contributed by atoms with Gasteiger partial charge < -0.3 is 14.4 Å². The van der Waals surface area contributed by atoms with E-state index in [0.717, 1.165) is 56.0 Å². The van der Waals surface area contributed by atoms with Crippen LogP contribution < -0.4 is 0 Å². The Morgan fingerprint density at radius 2 is 1.96 bits per heavy atom. The van der Waals surface area contributed by atoms with Gasteiger partial charge in [-0.05, 0) is 50.4 Å². The molecule has 0 N–H and O–H groups in total. The second-order valence-corrected chi connectivity index (χ2v) is 7.54. The molecule has 1 amide bonds. The Bertz CT molecular complexity index is 777. The Morgan fingerprint density at radius 1 is 1.17 bits per heavy atom. The molecule has 0 bridgehead atoms. The molecule has 4 rings (SSSR count). The van der Waals surface area contributed by atoms with Gasteiger partial charge in [-0.1, -0.05) is 17.7 Å². The van der Waals surface area contributed by atoms with Gasteiger partial charge in [-0.2, -0.15) is 0 Å². The van der Waals surface area contributed by atoms with Crippen LogP contribution in [0.25, 0.3) is 10.9 Å². The van der Waals surface area contributed by atoms with Gasteiger partial charge >= 0.3 is 0 Å². The Balaban J connectivity index is 1.74. The third kappa shape index (κ3) is 2.82. The summed E-state index contributed by atoms with van der Waals surface area (Å²) >= 11 is 6.25. The van der Waals surface area contributed by atoms with Crippen molar-refractivity contribution in [2.75, 3.05) is 26.7 Å². The fourth-order valence-corrected chi connectivity index (χ4v) is 4.27. The first-order valence-corrected chi connectivity index (χ1v) is 9.27. The molecule has 0 aliphatic carbocycles. The van der Waals surface area contributed by atoms with Gasteiger partial charge in [0.1, 0.15) is 6.54 Å². The quantitative estimate of drug-likeness (QED) is 0.835. The predicted molar refractivity (Wildman–Crippen MR) is 97.4 cm³/mol. The maximum Gasteiger partial charge on any atom is 0.242 e. The van der Waals surface area contributed by atoms with Crippen LogP contribution >= 0.6 is 11.6 Å². The number of amides is 1. The smallest absolute Gasteiger partial charge is 0.242 e. The lowest BCUT2D eigenvalue weighted by atomic mass is 10.0. The number of nitrogens with zero attached hydrogens (tertiary/aromatic N) is 3. The van der Waals surface area contributed by atoms with E-state index in [2.05, 4.69) is 22.6 Å². The molecule has 1 fully saturated rings. The molecule has 5 heteroatoms. The van der Waals surface area contributed by atoms with Gasteiger partial charge in [0.25, 0.3) is 0 Å². The van der Waals surface area contributed by atoms with Gasteiger partial charge in [0.2, 0.25) is 5.91 Å². The topological polar surface area (TPSA) is 28.5 Å². The highest BCUT2D eigenvalue weighted by Gasteiger charge is 2.25. The van der Waals surface area contributed by atoms with E-state index in [0.29, 0.717) is 6.54 Å². The highest BCUT2D eigenvalue weighted by molar-refractivity contribution is 6.31. The van der Waals surface area contributed by atoms with E-state index in [1.54, 1.807) is 0 Å². The van der Waals surface area contributed by atoms with Crippen LogP contribution in [-0.4, -0.2) is 47.0 Å². The first kappa shape index (κ1) is 16.0. The number of piperidine rings is 1. The largest absolute Gasteiger partial charge is 0.341 e. The molecule has 0 atom stereocenters. The van der Waals surface area contributed by atoms with Crippen LogP contribution in [0.15, 0.2) is 18.2 Å². The van der Waals surface area contributed by atoms with Crippen LogP contribution in [0, 0.1) is 0 Å². The Labute approximate surface area is 148 Å². The second-order valence-electron chi connectivity index (χ2n) is 7.10. The molecule has 24 heavy (non-hydrogen) atoms. The minimum absolute atomic E-state index is 0.239. The number of likely N-dealkylation sites (N-methyl/N-ethyl adjacent to an activating group) is 1. The molecule has 128 valence electrons. The van der Waals surface area contributed by atoms with Crippen molar-refractivity contribution in [3.8, 4) is 0 Å². The Hall–Kier alpha value is -1.52. The van der Waals surface area contributed by atoms with E-state index in [1.807, 2.05) is 17.0 Å². The summed E-state index contributed by atoms with van der Waals surface area (Å²) in [4.78, 5) is 17.2. The first-order chi connectivity index (χ1) is 11.6. The summed E-state index contributed by atoms with van der Waals surface area (Å²) in [5.74, 6) is 0.239. The number of likely N-dealkylation sites (tertiary alicyclic amines) is 1. The molecule has 0 unspecified atom stereocenters. The number of carbonyl (C=O) groups excluding carboxylic acids is 1. The Morgan fingerprint density at radius 3 is 2.75 bits per heavy atom. The summed E-state index contributed by atoms with van der Waals surface area (Å²) < 4.78 is 2.21. The van der Waals surface area contributed by atoms with E-state index in [4.69, 9.17) is 11.6 Å². The molecule has 3 heterocycles. The number of rotatable bonds is 2. The third-order valence-electron chi connectivity index (χ3n) is 5.42. The molecule has 1 aromatic heterocycles. The van der Waals surface area contributed by atoms with E-state index >= 15 is 0 Å². The number of fused-ring (bicyclic) bond motifs is 3. The minimum Gasteiger partial charge on any atom is -0.341 e. The average Bonchev–Trinajstić information content (AvgIpc) is 2.88. The SMILES string of the molecule is CN1CCc2c(n(CC(=O)N3CCCCC3)c3cc(Cl)ccc23)C1. The molecule has 1 aromatic carbocycles. The van der Waals surface area contributed by atoms with Gasteiger partial charge in [0.15, 0.2) is 0 Å². The van der Waals surface area contributed by atoms with Crippen LogP contribution in [0.3, 0.4) is 0 Å². The maximum absolute atomic E-state index is 12.8. The van der Waals surface area contributed by atoms with Gasteiger partial charge in [-0.3, -0.25) is 4.79 Å². The summed E-state index contributed by atoms with van der Waals surface area (Å²) in [6.07, 6.45) is 4.54. The molecule has 1 saturated heterocycles. The van der Waals surface area contributed by atoms with E-state index in [-0.39, 0.29) is 5.91 Å². The van der Waals surface area contributed by atoms with Crippen LogP contribution in [-0.2, 0) is 24.3 Å². The molecule has 4 nitrogen and oxygen atoms in total. The Kier molecular flexibility index (Phi) is 4.27. The number of hydrogen-bond donors (Lipinski definition) is 0. The first-order valence-electron chi connectivity index (χ1n) is 8.89. The fourth-order valence-electron chi connectivity index (χ4n) is 4.10. The summed E-state index contributed by atoms with van der Waals surface area (Å²) in [7, 11) is 2.14. The van der Waals surface area contributed by atoms with Crippen molar-refractivity contribution < 1.29 is 4.79 Å². The second kappa shape index (κ2) is 6.41. The van der Waals surface area contributed by atoms with E-state index in [9.17, 15) is 4.79 Å². The van der Waals surface area contributed by atoms with Crippen molar-refractivity contribution in [1.82, 2.24) is 14.4 Å². The summed E-state index contributed by atoms with van der Waals surface area (Å²) in [6, 6.07) is 6.08. The zero-order valence-corrected chi connectivity index (χ0v) is 15.0. The highest BCUT2D eigenvalue weighted by Crippen LogP contribution is 2.32. The van der Waals surface area contributed by atoms with E-state index in [1.165, 1.54) is 23.1 Å². The van der Waals surface area contributed by atoms with Crippen LogP contribution in [0.2, 0.25) is 5.02 Å². The van der Waals surface area contributed by atoms with E-state index < -0.39 is 0 Å². The summed E-state index contributed by atoms with van der Waals surface area (Å²) in [5, 5.41) is 1.99. The lowest BCUT2D eigenvalue weighted by molar-refractivity contribution is -0.132. The average molecular weight is 346 g/mol. The maximum atomic E-state index is 12.8. The summed E-state index contributed by atoms with van der Waals surface area (Å²) in [6.45, 7) is 4.20. The highest BCUT2D eigenvalue weighted by atomic mass is 35.5. The third-order valence-corrected chi connectivity index (χ3v) is 5.65.